The van der Waals surface area contributed by atoms with Crippen LogP contribution in [-0.2, 0) is 23.0 Å². The Bertz CT molecular complexity index is 797. The lowest BCUT2D eigenvalue weighted by Crippen LogP contribution is -2.36. The second-order valence-corrected chi connectivity index (χ2v) is 9.21. The lowest BCUT2D eigenvalue weighted by Gasteiger charge is -2.25. The number of fused-ring (bicyclic) bond motifs is 1. The van der Waals surface area contributed by atoms with Crippen molar-refractivity contribution in [2.75, 3.05) is 17.6 Å². The first-order valence-electron chi connectivity index (χ1n) is 7.29. The Labute approximate surface area is 143 Å². The molecular weight excluding hydrogens is 354 g/mol. The van der Waals surface area contributed by atoms with Gasteiger partial charge in [0.05, 0.1) is 17.0 Å². The number of carbonyl (C=O) groups excluding carboxylic acids is 1. The van der Waals surface area contributed by atoms with Crippen LogP contribution in [0.4, 0.5) is 5.13 Å². The topological polar surface area (TPSA) is 79.4 Å². The summed E-state index contributed by atoms with van der Waals surface area (Å²) in [5, 5.41) is 6.94. The minimum absolute atomic E-state index is 0.170. The van der Waals surface area contributed by atoms with E-state index in [2.05, 4.69) is 10.3 Å². The van der Waals surface area contributed by atoms with Gasteiger partial charge in [-0.2, -0.15) is 15.6 Å². The van der Waals surface area contributed by atoms with Gasteiger partial charge in [0.1, 0.15) is 0 Å². The summed E-state index contributed by atoms with van der Waals surface area (Å²) in [5.74, 6) is -0.0177. The summed E-state index contributed by atoms with van der Waals surface area (Å²) >= 11 is 2.82. The highest BCUT2D eigenvalue weighted by atomic mass is 32.2. The maximum absolute atomic E-state index is 12.2. The summed E-state index contributed by atoms with van der Waals surface area (Å²) in [6.07, 6.45) is 1.19. The molecular formula is C14H17N3O3S3. The number of anilines is 1. The summed E-state index contributed by atoms with van der Waals surface area (Å²) in [6, 6.07) is 1.76. The van der Waals surface area contributed by atoms with Gasteiger partial charge in [0.15, 0.2) is 5.13 Å². The molecule has 2 aromatic rings. The van der Waals surface area contributed by atoms with Crippen LogP contribution in [0.25, 0.3) is 0 Å². The molecule has 3 heterocycles. The van der Waals surface area contributed by atoms with E-state index in [0.29, 0.717) is 36.6 Å². The SMILES string of the molecule is CCCS(=O)(=O)N1CCc2nc(NC(=O)c3ccsc3)sc2C1. The minimum atomic E-state index is -3.20. The molecule has 1 amide bonds. The molecule has 1 N–H and O–H groups in total. The van der Waals surface area contributed by atoms with Crippen molar-refractivity contribution in [2.45, 2.75) is 26.3 Å². The first kappa shape index (κ1) is 16.6. The lowest BCUT2D eigenvalue weighted by molar-refractivity contribution is 0.102. The van der Waals surface area contributed by atoms with Gasteiger partial charge in [-0.15, -0.1) is 11.3 Å². The summed E-state index contributed by atoms with van der Waals surface area (Å²) in [6.45, 7) is 2.67. The van der Waals surface area contributed by atoms with E-state index in [9.17, 15) is 13.2 Å². The van der Waals surface area contributed by atoms with Gasteiger partial charge in [-0.25, -0.2) is 13.4 Å². The molecule has 0 aromatic carbocycles. The van der Waals surface area contributed by atoms with E-state index in [1.165, 1.54) is 27.0 Å². The molecule has 6 nitrogen and oxygen atoms in total. The maximum atomic E-state index is 12.2. The van der Waals surface area contributed by atoms with E-state index in [4.69, 9.17) is 0 Å². The number of hydrogen-bond donors (Lipinski definition) is 1. The van der Waals surface area contributed by atoms with E-state index in [1.54, 1.807) is 11.4 Å². The number of amides is 1. The second-order valence-electron chi connectivity index (χ2n) is 5.25. The normalized spacial score (nSPS) is 15.3. The van der Waals surface area contributed by atoms with E-state index >= 15 is 0 Å². The number of carbonyl (C=O) groups is 1. The molecule has 0 radical (unpaired) electrons. The molecule has 0 saturated carbocycles. The quantitative estimate of drug-likeness (QED) is 0.876. The molecule has 0 fully saturated rings. The largest absolute Gasteiger partial charge is 0.298 e. The summed E-state index contributed by atoms with van der Waals surface area (Å²) in [4.78, 5) is 17.4. The fourth-order valence-corrected chi connectivity index (χ4v) is 5.62. The van der Waals surface area contributed by atoms with Crippen molar-refractivity contribution in [3.05, 3.63) is 33.0 Å². The van der Waals surface area contributed by atoms with Crippen LogP contribution >= 0.6 is 22.7 Å². The average Bonchev–Trinajstić information content (AvgIpc) is 3.15. The first-order chi connectivity index (χ1) is 11.0. The summed E-state index contributed by atoms with van der Waals surface area (Å²) in [5.41, 5.74) is 1.49. The van der Waals surface area contributed by atoms with E-state index in [1.807, 2.05) is 12.3 Å². The molecule has 1 aliphatic heterocycles. The van der Waals surface area contributed by atoms with Crippen LogP contribution in [-0.4, -0.2) is 35.9 Å². The molecule has 124 valence electrons. The smallest absolute Gasteiger partial charge is 0.258 e. The fraction of sp³-hybridized carbons (Fsp3) is 0.429. The number of aromatic nitrogens is 1. The van der Waals surface area contributed by atoms with E-state index in [-0.39, 0.29) is 11.7 Å². The third-order valence-corrected chi connectivity index (χ3v) is 7.26. The predicted octanol–water partition coefficient (Wildman–Crippen LogP) is 2.55. The molecule has 2 aromatic heterocycles. The van der Waals surface area contributed by atoms with Crippen LogP contribution in [0.5, 0.6) is 0 Å². The molecule has 0 spiro atoms. The van der Waals surface area contributed by atoms with Gasteiger partial charge in [0, 0.05) is 29.8 Å². The predicted molar refractivity (Wildman–Crippen MR) is 92.6 cm³/mol. The Morgan fingerprint density at radius 1 is 1.48 bits per heavy atom. The van der Waals surface area contributed by atoms with Gasteiger partial charge in [-0.1, -0.05) is 6.92 Å². The van der Waals surface area contributed by atoms with Gasteiger partial charge in [0.2, 0.25) is 10.0 Å². The maximum Gasteiger partial charge on any atom is 0.258 e. The van der Waals surface area contributed by atoms with Crippen molar-refractivity contribution in [1.29, 1.82) is 0 Å². The Kier molecular flexibility index (Phi) is 4.81. The van der Waals surface area contributed by atoms with Crippen LogP contribution in [0.15, 0.2) is 16.8 Å². The molecule has 0 atom stereocenters. The molecule has 23 heavy (non-hydrogen) atoms. The van der Waals surface area contributed by atoms with E-state index in [0.717, 1.165) is 10.6 Å². The third-order valence-electron chi connectivity index (χ3n) is 3.56. The number of thiazole rings is 1. The number of nitrogens with one attached hydrogen (secondary N) is 1. The van der Waals surface area contributed by atoms with Gasteiger partial charge in [0.25, 0.3) is 5.91 Å². The zero-order chi connectivity index (χ0) is 16.4. The van der Waals surface area contributed by atoms with Gasteiger partial charge < -0.3 is 0 Å². The standard InChI is InChI=1S/C14H17N3O3S3/c1-2-7-23(19,20)17-5-3-11-12(8-17)22-14(15-11)16-13(18)10-4-6-21-9-10/h4,6,9H,2-3,5,7-8H2,1H3,(H,15,16,18). The Morgan fingerprint density at radius 3 is 3.00 bits per heavy atom. The number of thiophene rings is 1. The van der Waals surface area contributed by atoms with E-state index < -0.39 is 10.0 Å². The minimum Gasteiger partial charge on any atom is -0.298 e. The monoisotopic (exact) mass is 371 g/mol. The molecule has 0 unspecified atom stereocenters. The number of hydrogen-bond acceptors (Lipinski definition) is 6. The van der Waals surface area contributed by atoms with Crippen molar-refractivity contribution >= 4 is 43.7 Å². The Morgan fingerprint density at radius 2 is 2.30 bits per heavy atom. The van der Waals surface area contributed by atoms with Gasteiger partial charge in [-0.05, 0) is 17.9 Å². The Hall–Kier alpha value is -1.29. The van der Waals surface area contributed by atoms with Crippen LogP contribution in [0.2, 0.25) is 0 Å². The van der Waals surface area contributed by atoms with Crippen LogP contribution in [0.3, 0.4) is 0 Å². The molecule has 0 bridgehead atoms. The van der Waals surface area contributed by atoms with Crippen LogP contribution in [0.1, 0.15) is 34.3 Å². The molecule has 1 aliphatic rings. The van der Waals surface area contributed by atoms with Crippen molar-refractivity contribution in [3.8, 4) is 0 Å². The number of sulfonamides is 1. The van der Waals surface area contributed by atoms with Crippen LogP contribution < -0.4 is 5.32 Å². The Balaban J connectivity index is 1.73. The molecule has 3 rings (SSSR count). The van der Waals surface area contributed by atoms with Crippen LogP contribution in [0, 0.1) is 0 Å². The van der Waals surface area contributed by atoms with Crippen molar-refractivity contribution in [3.63, 3.8) is 0 Å². The van der Waals surface area contributed by atoms with Crippen molar-refractivity contribution in [2.24, 2.45) is 0 Å². The highest BCUT2D eigenvalue weighted by molar-refractivity contribution is 7.89. The highest BCUT2D eigenvalue weighted by Gasteiger charge is 2.28. The fourth-order valence-electron chi connectivity index (χ4n) is 2.41. The summed E-state index contributed by atoms with van der Waals surface area (Å²) < 4.78 is 25.9. The molecule has 0 aliphatic carbocycles. The van der Waals surface area contributed by atoms with Crippen molar-refractivity contribution in [1.82, 2.24) is 9.29 Å². The number of nitrogens with zero attached hydrogens (tertiary/aromatic N) is 2. The average molecular weight is 372 g/mol. The van der Waals surface area contributed by atoms with Gasteiger partial charge in [-0.3, -0.25) is 10.1 Å². The zero-order valence-corrected chi connectivity index (χ0v) is 15.1. The van der Waals surface area contributed by atoms with Gasteiger partial charge >= 0.3 is 0 Å². The molecule has 9 heteroatoms. The highest BCUT2D eigenvalue weighted by Crippen LogP contribution is 2.30. The third kappa shape index (κ3) is 3.63. The summed E-state index contributed by atoms with van der Waals surface area (Å²) in [7, 11) is -3.20. The lowest BCUT2D eigenvalue weighted by atomic mass is 10.2. The zero-order valence-electron chi connectivity index (χ0n) is 12.6. The molecule has 0 saturated heterocycles. The number of rotatable bonds is 5. The first-order valence-corrected chi connectivity index (χ1v) is 10.7. The second kappa shape index (κ2) is 6.68. The van der Waals surface area contributed by atoms with Crippen molar-refractivity contribution < 1.29 is 13.2 Å².